The van der Waals surface area contributed by atoms with Crippen molar-refractivity contribution in [2.45, 2.75) is 51.4 Å². The van der Waals surface area contributed by atoms with Crippen molar-refractivity contribution in [1.82, 2.24) is 29.9 Å². The van der Waals surface area contributed by atoms with E-state index in [9.17, 15) is 0 Å². The Hall–Kier alpha value is -3.28. The number of anilines is 3. The van der Waals surface area contributed by atoms with Crippen LogP contribution >= 0.6 is 0 Å². The van der Waals surface area contributed by atoms with Gasteiger partial charge in [0, 0.05) is 64.6 Å². The van der Waals surface area contributed by atoms with Gasteiger partial charge in [-0.1, -0.05) is 35.5 Å². The first-order chi connectivity index (χ1) is 19.8. The van der Waals surface area contributed by atoms with Crippen LogP contribution in [0.1, 0.15) is 36.9 Å². The van der Waals surface area contributed by atoms with Gasteiger partial charge < -0.3 is 25.0 Å². The van der Waals surface area contributed by atoms with Crippen LogP contribution in [0.5, 0.6) is 0 Å². The minimum Gasteiger partial charge on any atom is -0.381 e. The van der Waals surface area contributed by atoms with E-state index in [0.29, 0.717) is 37.7 Å². The van der Waals surface area contributed by atoms with E-state index < -0.39 is 0 Å². The lowest BCUT2D eigenvalue weighted by atomic mass is 10.0. The number of aromatic nitrogens is 5. The lowest BCUT2D eigenvalue weighted by Gasteiger charge is -2.33. The van der Waals surface area contributed by atoms with Gasteiger partial charge in [-0.2, -0.15) is 9.97 Å². The van der Waals surface area contributed by atoms with E-state index in [-0.39, 0.29) is 0 Å². The molecule has 3 aliphatic heterocycles. The molecule has 0 amide bonds. The van der Waals surface area contributed by atoms with Crippen LogP contribution in [0.3, 0.4) is 0 Å². The van der Waals surface area contributed by atoms with Crippen molar-refractivity contribution in [3.05, 3.63) is 53.9 Å². The van der Waals surface area contributed by atoms with E-state index in [1.807, 2.05) is 10.9 Å². The number of likely N-dealkylation sites (tertiary alicyclic amines) is 1. The number of hydrogen-bond donors (Lipinski definition) is 2. The van der Waals surface area contributed by atoms with E-state index in [4.69, 9.17) is 19.4 Å². The highest BCUT2D eigenvalue weighted by molar-refractivity contribution is 5.54. The highest BCUT2D eigenvalue weighted by atomic mass is 16.5. The minimum atomic E-state index is 0.386. The summed E-state index contributed by atoms with van der Waals surface area (Å²) in [6.07, 6.45) is 6.36. The maximum absolute atomic E-state index is 5.57. The van der Waals surface area contributed by atoms with Gasteiger partial charge in [-0.15, -0.1) is 5.10 Å². The Morgan fingerprint density at radius 3 is 2.45 bits per heavy atom. The number of piperidine rings is 1. The highest BCUT2D eigenvalue weighted by Crippen LogP contribution is 2.23. The molecule has 3 aliphatic rings. The van der Waals surface area contributed by atoms with Crippen LogP contribution in [-0.2, 0) is 29.1 Å². The smallest absolute Gasteiger partial charge is 0.226 e. The van der Waals surface area contributed by atoms with Gasteiger partial charge in [0.15, 0.2) is 0 Å². The second-order valence-corrected chi connectivity index (χ2v) is 11.1. The van der Waals surface area contributed by atoms with Gasteiger partial charge in [0.1, 0.15) is 17.3 Å². The lowest BCUT2D eigenvalue weighted by molar-refractivity contribution is 0.0600. The zero-order valence-electron chi connectivity index (χ0n) is 23.2. The largest absolute Gasteiger partial charge is 0.381 e. The van der Waals surface area contributed by atoms with Gasteiger partial charge in [-0.05, 0) is 37.2 Å². The van der Waals surface area contributed by atoms with Crippen LogP contribution < -0.4 is 15.5 Å². The molecule has 0 unspecified atom stereocenters. The molecule has 0 saturated carbocycles. The van der Waals surface area contributed by atoms with Crippen molar-refractivity contribution < 1.29 is 9.47 Å². The molecule has 3 fully saturated rings. The van der Waals surface area contributed by atoms with Crippen molar-refractivity contribution in [2.24, 2.45) is 5.92 Å². The molecule has 0 aliphatic carbocycles. The first-order valence-electron chi connectivity index (χ1n) is 14.7. The minimum absolute atomic E-state index is 0.386. The zero-order chi connectivity index (χ0) is 27.0. The summed E-state index contributed by atoms with van der Waals surface area (Å²) in [6.45, 7) is 9.33. The Labute approximate surface area is 236 Å². The van der Waals surface area contributed by atoms with Crippen LogP contribution in [-0.4, -0.2) is 88.5 Å². The van der Waals surface area contributed by atoms with Gasteiger partial charge >= 0.3 is 0 Å². The summed E-state index contributed by atoms with van der Waals surface area (Å²) in [5.74, 6) is 2.99. The molecule has 2 aromatic heterocycles. The van der Waals surface area contributed by atoms with Crippen LogP contribution in [0.4, 0.5) is 17.6 Å². The molecule has 214 valence electrons. The monoisotopic (exact) mass is 547 g/mol. The molecule has 40 heavy (non-hydrogen) atoms. The molecular formula is C29H41N9O2. The molecule has 3 aromatic rings. The summed E-state index contributed by atoms with van der Waals surface area (Å²) in [5.41, 5.74) is 2.26. The van der Waals surface area contributed by atoms with Gasteiger partial charge in [-0.25, -0.2) is 0 Å². The van der Waals surface area contributed by atoms with E-state index in [2.05, 4.69) is 67.1 Å². The normalized spacial score (nSPS) is 19.6. The quantitative estimate of drug-likeness (QED) is 0.394. The fourth-order valence-electron chi connectivity index (χ4n) is 5.70. The van der Waals surface area contributed by atoms with Crippen molar-refractivity contribution in [1.29, 1.82) is 0 Å². The van der Waals surface area contributed by atoms with E-state index in [1.54, 1.807) is 0 Å². The standard InChI is InChI=1S/C29H41N9O2/c1-2-4-23(5-3-1)20-36-10-6-25(7-11-36)31-27-18-28(37-12-16-40-17-13-37)33-29(32-27)30-19-26-22-38(35-34-26)21-24-8-14-39-15-9-24/h1-5,18,22,24-25H,6-17,19-21H2,(H2,30,31,32,33). The van der Waals surface area contributed by atoms with Gasteiger partial charge in [0.2, 0.25) is 5.95 Å². The van der Waals surface area contributed by atoms with Gasteiger partial charge in [-0.3, -0.25) is 9.58 Å². The van der Waals surface area contributed by atoms with E-state index in [1.165, 1.54) is 5.56 Å². The molecule has 0 bridgehead atoms. The Balaban J connectivity index is 1.07. The molecule has 11 nitrogen and oxygen atoms in total. The summed E-state index contributed by atoms with van der Waals surface area (Å²) in [6, 6.07) is 13.2. The van der Waals surface area contributed by atoms with Crippen molar-refractivity contribution >= 4 is 17.6 Å². The van der Waals surface area contributed by atoms with Crippen molar-refractivity contribution in [3.8, 4) is 0 Å². The SMILES string of the molecule is c1ccc(CN2CCC(Nc3cc(N4CCOCC4)nc(NCc4cn(CC5CCOCC5)nn4)n3)CC2)cc1. The van der Waals surface area contributed by atoms with Crippen molar-refractivity contribution in [3.63, 3.8) is 0 Å². The molecule has 5 heterocycles. The molecule has 0 spiro atoms. The number of ether oxygens (including phenoxy) is 2. The first kappa shape index (κ1) is 26.9. The van der Waals surface area contributed by atoms with Crippen LogP contribution in [0, 0.1) is 5.92 Å². The molecule has 2 N–H and O–H groups in total. The molecule has 11 heteroatoms. The Bertz CT molecular complexity index is 1190. The molecular weight excluding hydrogens is 506 g/mol. The zero-order valence-corrected chi connectivity index (χ0v) is 23.2. The van der Waals surface area contributed by atoms with E-state index >= 15 is 0 Å². The summed E-state index contributed by atoms with van der Waals surface area (Å²) in [4.78, 5) is 14.5. The lowest BCUT2D eigenvalue weighted by Crippen LogP contribution is -2.39. The van der Waals surface area contributed by atoms with Crippen LogP contribution in [0.15, 0.2) is 42.6 Å². The number of nitrogens with one attached hydrogen (secondary N) is 2. The average Bonchev–Trinajstić information content (AvgIpc) is 3.46. The third-order valence-corrected chi connectivity index (χ3v) is 8.04. The molecule has 6 rings (SSSR count). The van der Waals surface area contributed by atoms with E-state index in [0.717, 1.165) is 95.5 Å². The Morgan fingerprint density at radius 1 is 0.875 bits per heavy atom. The predicted molar refractivity (Wildman–Crippen MR) is 154 cm³/mol. The summed E-state index contributed by atoms with van der Waals surface area (Å²) >= 11 is 0. The maximum Gasteiger partial charge on any atom is 0.226 e. The number of benzene rings is 1. The number of hydrogen-bond acceptors (Lipinski definition) is 10. The van der Waals surface area contributed by atoms with Crippen molar-refractivity contribution in [2.75, 3.05) is 68.1 Å². The van der Waals surface area contributed by atoms with Gasteiger partial charge in [0.25, 0.3) is 0 Å². The Morgan fingerprint density at radius 2 is 1.65 bits per heavy atom. The maximum atomic E-state index is 5.57. The van der Waals surface area contributed by atoms with Gasteiger partial charge in [0.05, 0.1) is 26.0 Å². The summed E-state index contributed by atoms with van der Waals surface area (Å²) < 4.78 is 13.0. The average molecular weight is 548 g/mol. The second kappa shape index (κ2) is 13.4. The second-order valence-electron chi connectivity index (χ2n) is 11.1. The third-order valence-electron chi connectivity index (χ3n) is 8.04. The molecule has 3 saturated heterocycles. The van der Waals surface area contributed by atoms with Crippen LogP contribution in [0.25, 0.3) is 0 Å². The van der Waals surface area contributed by atoms with Crippen LogP contribution in [0.2, 0.25) is 0 Å². The molecule has 0 atom stereocenters. The fraction of sp³-hybridized carbons (Fsp3) is 0.586. The third kappa shape index (κ3) is 7.47. The number of rotatable bonds is 10. The molecule has 0 radical (unpaired) electrons. The predicted octanol–water partition coefficient (Wildman–Crippen LogP) is 3.02. The number of nitrogens with zero attached hydrogens (tertiary/aromatic N) is 7. The topological polar surface area (TPSA) is 105 Å². The number of morpholine rings is 1. The Kier molecular flexibility index (Phi) is 9.01. The fourth-order valence-corrected chi connectivity index (χ4v) is 5.70. The summed E-state index contributed by atoms with van der Waals surface area (Å²) in [5, 5.41) is 15.8. The summed E-state index contributed by atoms with van der Waals surface area (Å²) in [7, 11) is 0. The molecule has 1 aromatic carbocycles. The highest BCUT2D eigenvalue weighted by Gasteiger charge is 2.21. The first-order valence-corrected chi connectivity index (χ1v) is 14.7.